The van der Waals surface area contributed by atoms with Crippen LogP contribution < -0.4 is 10.1 Å². The number of ether oxygens (including phenoxy) is 1. The maximum absolute atomic E-state index is 12.5. The molecule has 4 heteroatoms. The van der Waals surface area contributed by atoms with Crippen molar-refractivity contribution < 1.29 is 14.6 Å². The number of rotatable bonds is 5. The monoisotopic (exact) mass is 325 g/mol. The third kappa shape index (κ3) is 3.95. The second-order valence-corrected chi connectivity index (χ2v) is 6.39. The van der Waals surface area contributed by atoms with Crippen molar-refractivity contribution in [2.24, 2.45) is 5.92 Å². The molecule has 1 amide bonds. The summed E-state index contributed by atoms with van der Waals surface area (Å²) in [5.41, 5.74) is 1.94. The summed E-state index contributed by atoms with van der Waals surface area (Å²) in [6, 6.07) is 17.2. The van der Waals surface area contributed by atoms with Crippen molar-refractivity contribution in [2.45, 2.75) is 31.9 Å². The molecule has 0 radical (unpaired) electrons. The van der Waals surface area contributed by atoms with Gasteiger partial charge in [-0.15, -0.1) is 0 Å². The Bertz CT molecular complexity index is 686. The molecule has 3 rings (SSSR count). The van der Waals surface area contributed by atoms with Crippen LogP contribution in [0.15, 0.2) is 54.6 Å². The number of benzene rings is 2. The number of aliphatic hydroxyl groups is 1. The van der Waals surface area contributed by atoms with Gasteiger partial charge >= 0.3 is 0 Å². The summed E-state index contributed by atoms with van der Waals surface area (Å²) >= 11 is 0. The molecule has 1 aliphatic rings. The van der Waals surface area contributed by atoms with Gasteiger partial charge in [-0.25, -0.2) is 0 Å². The van der Waals surface area contributed by atoms with E-state index in [4.69, 9.17) is 4.74 Å². The van der Waals surface area contributed by atoms with Gasteiger partial charge < -0.3 is 15.2 Å². The van der Waals surface area contributed by atoms with Crippen LogP contribution in [0.25, 0.3) is 0 Å². The first-order valence-electron chi connectivity index (χ1n) is 8.37. The topological polar surface area (TPSA) is 58.6 Å². The van der Waals surface area contributed by atoms with Crippen LogP contribution in [0.4, 0.5) is 0 Å². The van der Waals surface area contributed by atoms with E-state index in [2.05, 4.69) is 5.32 Å². The smallest absolute Gasteiger partial charge is 0.227 e. The molecule has 3 atom stereocenters. The van der Waals surface area contributed by atoms with Crippen molar-refractivity contribution in [3.8, 4) is 5.75 Å². The summed E-state index contributed by atoms with van der Waals surface area (Å²) in [5, 5.41) is 13.3. The second-order valence-electron chi connectivity index (χ2n) is 6.39. The molecule has 0 aliphatic carbocycles. The number of hydrogen-bond donors (Lipinski definition) is 2. The number of carbonyl (C=O) groups excluding carboxylic acids is 1. The largest absolute Gasteiger partial charge is 0.492 e. The molecular weight excluding hydrogens is 302 g/mol. The Morgan fingerprint density at radius 3 is 2.71 bits per heavy atom. The minimum atomic E-state index is -0.579. The molecule has 0 bridgehead atoms. The fourth-order valence-corrected chi connectivity index (χ4v) is 3.06. The molecule has 1 aliphatic heterocycles. The Morgan fingerprint density at radius 1 is 1.21 bits per heavy atom. The number of carbonyl (C=O) groups is 1. The highest BCUT2D eigenvalue weighted by Crippen LogP contribution is 2.27. The number of aliphatic hydroxyl groups excluding tert-OH is 1. The molecule has 3 unspecified atom stereocenters. The minimum absolute atomic E-state index is 0.0164. The lowest BCUT2D eigenvalue weighted by atomic mass is 9.95. The maximum Gasteiger partial charge on any atom is 0.227 e. The fourth-order valence-electron chi connectivity index (χ4n) is 3.06. The van der Waals surface area contributed by atoms with Crippen LogP contribution in [0.5, 0.6) is 5.75 Å². The number of hydrogen-bond acceptors (Lipinski definition) is 3. The lowest BCUT2D eigenvalue weighted by Gasteiger charge is -2.26. The van der Waals surface area contributed by atoms with Crippen LogP contribution >= 0.6 is 0 Å². The van der Waals surface area contributed by atoms with E-state index < -0.39 is 6.10 Å². The van der Waals surface area contributed by atoms with Crippen molar-refractivity contribution in [3.05, 3.63) is 65.7 Å². The average molecular weight is 325 g/mol. The highest BCUT2D eigenvalue weighted by molar-refractivity contribution is 5.79. The van der Waals surface area contributed by atoms with Gasteiger partial charge in [0.15, 0.2) is 0 Å². The quantitative estimate of drug-likeness (QED) is 0.889. The summed E-state index contributed by atoms with van der Waals surface area (Å²) in [6.45, 7) is 2.32. The Balaban J connectivity index is 1.53. The van der Waals surface area contributed by atoms with Crippen molar-refractivity contribution in [3.63, 3.8) is 0 Å². The van der Waals surface area contributed by atoms with E-state index in [9.17, 15) is 9.90 Å². The number of para-hydroxylation sites is 1. The summed E-state index contributed by atoms with van der Waals surface area (Å²) in [4.78, 5) is 12.5. The van der Waals surface area contributed by atoms with Crippen LogP contribution in [-0.4, -0.2) is 23.7 Å². The first-order valence-corrected chi connectivity index (χ1v) is 8.37. The van der Waals surface area contributed by atoms with Gasteiger partial charge in [0.1, 0.15) is 12.4 Å². The molecule has 0 saturated heterocycles. The van der Waals surface area contributed by atoms with E-state index in [-0.39, 0.29) is 17.9 Å². The van der Waals surface area contributed by atoms with Crippen molar-refractivity contribution in [1.82, 2.24) is 5.32 Å². The van der Waals surface area contributed by atoms with Gasteiger partial charge in [-0.1, -0.05) is 48.5 Å². The van der Waals surface area contributed by atoms with E-state index in [1.54, 1.807) is 0 Å². The fraction of sp³-hybridized carbons (Fsp3) is 0.350. The van der Waals surface area contributed by atoms with Crippen LogP contribution in [0.3, 0.4) is 0 Å². The molecule has 2 N–H and O–H groups in total. The van der Waals surface area contributed by atoms with E-state index in [0.29, 0.717) is 19.4 Å². The number of nitrogens with one attached hydrogen (secondary N) is 1. The van der Waals surface area contributed by atoms with E-state index in [1.165, 1.54) is 0 Å². The second kappa shape index (κ2) is 7.49. The van der Waals surface area contributed by atoms with Crippen molar-refractivity contribution >= 4 is 5.91 Å². The average Bonchev–Trinajstić information content (AvgIpc) is 2.61. The first-order chi connectivity index (χ1) is 11.6. The SMILES string of the molecule is CC(CC(O)c1ccccc1)NC(=O)C1COc2ccccc2C1. The van der Waals surface area contributed by atoms with Gasteiger partial charge in [-0.2, -0.15) is 0 Å². The normalized spacial score (nSPS) is 18.8. The summed E-state index contributed by atoms with van der Waals surface area (Å²) in [7, 11) is 0. The van der Waals surface area contributed by atoms with E-state index >= 15 is 0 Å². The Hall–Kier alpha value is -2.33. The summed E-state index contributed by atoms with van der Waals surface area (Å²) < 4.78 is 5.68. The Labute approximate surface area is 142 Å². The molecule has 24 heavy (non-hydrogen) atoms. The molecule has 126 valence electrons. The highest BCUT2D eigenvalue weighted by Gasteiger charge is 2.27. The van der Waals surface area contributed by atoms with Gasteiger partial charge in [0.2, 0.25) is 5.91 Å². The first kappa shape index (κ1) is 16.5. The Kier molecular flexibility index (Phi) is 5.16. The predicted octanol–water partition coefficient (Wildman–Crippen LogP) is 2.87. The van der Waals surface area contributed by atoms with Crippen molar-refractivity contribution in [1.29, 1.82) is 0 Å². The van der Waals surface area contributed by atoms with Gasteiger partial charge in [0.25, 0.3) is 0 Å². The van der Waals surface area contributed by atoms with E-state index in [0.717, 1.165) is 16.9 Å². The Morgan fingerprint density at radius 2 is 1.92 bits per heavy atom. The highest BCUT2D eigenvalue weighted by atomic mass is 16.5. The maximum atomic E-state index is 12.5. The third-order valence-corrected chi connectivity index (χ3v) is 4.40. The van der Waals surface area contributed by atoms with Gasteiger partial charge in [0.05, 0.1) is 12.0 Å². The van der Waals surface area contributed by atoms with Crippen LogP contribution in [0.2, 0.25) is 0 Å². The number of fused-ring (bicyclic) bond motifs is 1. The zero-order chi connectivity index (χ0) is 16.9. The number of amides is 1. The molecule has 4 nitrogen and oxygen atoms in total. The lowest BCUT2D eigenvalue weighted by molar-refractivity contribution is -0.127. The van der Waals surface area contributed by atoms with Gasteiger partial charge in [-0.3, -0.25) is 4.79 Å². The minimum Gasteiger partial charge on any atom is -0.492 e. The molecule has 0 aromatic heterocycles. The summed E-state index contributed by atoms with van der Waals surface area (Å²) in [6.07, 6.45) is 0.598. The van der Waals surface area contributed by atoms with Gasteiger partial charge in [0, 0.05) is 6.04 Å². The van der Waals surface area contributed by atoms with Gasteiger partial charge in [-0.05, 0) is 37.0 Å². The summed E-state index contributed by atoms with van der Waals surface area (Å²) in [5.74, 6) is 0.669. The molecule has 0 fully saturated rings. The zero-order valence-electron chi connectivity index (χ0n) is 13.8. The van der Waals surface area contributed by atoms with Crippen LogP contribution in [-0.2, 0) is 11.2 Å². The molecule has 2 aromatic carbocycles. The predicted molar refractivity (Wildman–Crippen MR) is 92.8 cm³/mol. The molecule has 0 saturated carbocycles. The van der Waals surface area contributed by atoms with Crippen molar-refractivity contribution in [2.75, 3.05) is 6.61 Å². The molecule has 0 spiro atoms. The standard InChI is InChI=1S/C20H23NO3/c1-14(11-18(22)15-7-3-2-4-8-15)21-20(23)17-12-16-9-5-6-10-19(16)24-13-17/h2-10,14,17-18,22H,11-13H2,1H3,(H,21,23). The zero-order valence-corrected chi connectivity index (χ0v) is 13.8. The van der Waals surface area contributed by atoms with E-state index in [1.807, 2.05) is 61.5 Å². The lowest BCUT2D eigenvalue weighted by Crippen LogP contribution is -2.42. The molecular formula is C20H23NO3. The third-order valence-electron chi connectivity index (χ3n) is 4.40. The molecule has 2 aromatic rings. The van der Waals surface area contributed by atoms with Crippen LogP contribution in [0, 0.1) is 5.92 Å². The van der Waals surface area contributed by atoms with Crippen LogP contribution in [0.1, 0.15) is 30.6 Å². The molecule has 1 heterocycles.